The van der Waals surface area contributed by atoms with Gasteiger partial charge in [0.25, 0.3) is 0 Å². The van der Waals surface area contributed by atoms with E-state index >= 15 is 0 Å². The summed E-state index contributed by atoms with van der Waals surface area (Å²) in [6.45, 7) is 0.165. The molecule has 118 valence electrons. The fourth-order valence-electron chi connectivity index (χ4n) is 2.01. The Hall–Kier alpha value is -2.09. The van der Waals surface area contributed by atoms with Crippen LogP contribution in [-0.4, -0.2) is 13.4 Å². The van der Waals surface area contributed by atoms with E-state index < -0.39 is 15.8 Å². The first-order chi connectivity index (χ1) is 11.0. The van der Waals surface area contributed by atoms with Crippen molar-refractivity contribution in [3.05, 3.63) is 71.5 Å². The van der Waals surface area contributed by atoms with Crippen LogP contribution in [0.1, 0.15) is 5.56 Å². The lowest BCUT2D eigenvalue weighted by Gasteiger charge is -2.07. The molecule has 23 heavy (non-hydrogen) atoms. The van der Waals surface area contributed by atoms with Crippen LogP contribution in [0.25, 0.3) is 10.6 Å². The minimum Gasteiger partial charge on any atom is -0.245 e. The number of nitrogens with zero attached hydrogens (tertiary/aromatic N) is 1. The zero-order valence-corrected chi connectivity index (χ0v) is 13.6. The van der Waals surface area contributed by atoms with E-state index in [4.69, 9.17) is 0 Å². The van der Waals surface area contributed by atoms with E-state index in [1.165, 1.54) is 12.1 Å². The molecule has 0 unspecified atom stereocenters. The van der Waals surface area contributed by atoms with Crippen molar-refractivity contribution in [1.29, 1.82) is 0 Å². The second-order valence-corrected chi connectivity index (χ2v) is 7.47. The van der Waals surface area contributed by atoms with Crippen LogP contribution in [0.15, 0.2) is 65.0 Å². The predicted octanol–water partition coefficient (Wildman–Crippen LogP) is 3.43. The molecule has 0 saturated heterocycles. The van der Waals surface area contributed by atoms with Gasteiger partial charge in [-0.3, -0.25) is 0 Å². The van der Waals surface area contributed by atoms with Crippen molar-refractivity contribution in [2.45, 2.75) is 11.4 Å². The molecule has 1 N–H and O–H groups in total. The quantitative estimate of drug-likeness (QED) is 0.768. The number of hydrogen-bond acceptors (Lipinski definition) is 4. The maximum atomic E-state index is 12.9. The maximum absolute atomic E-state index is 12.9. The first-order valence-electron chi connectivity index (χ1n) is 6.79. The summed E-state index contributed by atoms with van der Waals surface area (Å²) < 4.78 is 39.6. The fourth-order valence-corrected chi connectivity index (χ4v) is 3.67. The number of halogens is 1. The second kappa shape index (κ2) is 6.57. The minimum atomic E-state index is -3.66. The van der Waals surface area contributed by atoms with Gasteiger partial charge in [0.2, 0.25) is 10.0 Å². The first kappa shape index (κ1) is 15.8. The lowest BCUT2D eigenvalue weighted by atomic mass is 10.1. The lowest BCUT2D eigenvalue weighted by Crippen LogP contribution is -2.23. The Morgan fingerprint density at radius 2 is 1.74 bits per heavy atom. The van der Waals surface area contributed by atoms with Crippen molar-refractivity contribution in [2.24, 2.45) is 0 Å². The molecule has 0 amide bonds. The molecule has 0 aliphatic rings. The highest BCUT2D eigenvalue weighted by molar-refractivity contribution is 7.89. The summed E-state index contributed by atoms with van der Waals surface area (Å²) in [6.07, 6.45) is 1.74. The van der Waals surface area contributed by atoms with Gasteiger partial charge in [-0.1, -0.05) is 24.3 Å². The topological polar surface area (TPSA) is 59.1 Å². The molecule has 0 aliphatic heterocycles. The summed E-state index contributed by atoms with van der Waals surface area (Å²) in [6, 6.07) is 12.2. The summed E-state index contributed by atoms with van der Waals surface area (Å²) in [5.41, 5.74) is 1.82. The molecule has 0 saturated carbocycles. The van der Waals surface area contributed by atoms with Gasteiger partial charge in [-0.2, -0.15) is 0 Å². The molecule has 0 spiro atoms. The minimum absolute atomic E-state index is 0.0401. The van der Waals surface area contributed by atoms with E-state index in [9.17, 15) is 12.8 Å². The van der Waals surface area contributed by atoms with Crippen molar-refractivity contribution in [2.75, 3.05) is 0 Å². The Balaban J connectivity index is 1.69. The average Bonchev–Trinajstić information content (AvgIpc) is 3.08. The number of rotatable bonds is 5. The van der Waals surface area contributed by atoms with Gasteiger partial charge < -0.3 is 0 Å². The molecule has 0 fully saturated rings. The van der Waals surface area contributed by atoms with Crippen LogP contribution in [0.5, 0.6) is 0 Å². The fraction of sp³-hybridized carbons (Fsp3) is 0.0625. The van der Waals surface area contributed by atoms with Crippen molar-refractivity contribution in [3.8, 4) is 10.6 Å². The molecule has 2 aromatic carbocycles. The third-order valence-electron chi connectivity index (χ3n) is 3.22. The zero-order valence-electron chi connectivity index (χ0n) is 11.9. The Bertz CT molecular complexity index is 875. The monoisotopic (exact) mass is 348 g/mol. The molecular formula is C16H13FN2O2S2. The number of hydrogen-bond donors (Lipinski definition) is 1. The second-order valence-electron chi connectivity index (χ2n) is 4.81. The Kier molecular flexibility index (Phi) is 4.51. The van der Waals surface area contributed by atoms with Gasteiger partial charge in [-0.15, -0.1) is 11.3 Å². The summed E-state index contributed by atoms with van der Waals surface area (Å²) in [5, 5.41) is 2.82. The summed E-state index contributed by atoms with van der Waals surface area (Å²) >= 11 is 1.54. The van der Waals surface area contributed by atoms with Crippen LogP contribution in [0.4, 0.5) is 4.39 Å². The Labute approximate surface area is 137 Å². The molecular weight excluding hydrogens is 335 g/mol. The van der Waals surface area contributed by atoms with Crippen molar-refractivity contribution in [3.63, 3.8) is 0 Å². The highest BCUT2D eigenvalue weighted by atomic mass is 32.2. The molecule has 4 nitrogen and oxygen atoms in total. The lowest BCUT2D eigenvalue weighted by molar-refractivity contribution is 0.580. The average molecular weight is 348 g/mol. The van der Waals surface area contributed by atoms with Crippen LogP contribution in [0.3, 0.4) is 0 Å². The molecule has 0 atom stereocenters. The van der Waals surface area contributed by atoms with Crippen LogP contribution in [-0.2, 0) is 16.6 Å². The summed E-state index contributed by atoms with van der Waals surface area (Å²) in [5.74, 6) is -0.471. The number of aromatic nitrogens is 1. The largest absolute Gasteiger partial charge is 0.245 e. The van der Waals surface area contributed by atoms with Crippen molar-refractivity contribution < 1.29 is 12.8 Å². The van der Waals surface area contributed by atoms with Crippen LogP contribution < -0.4 is 4.72 Å². The molecule has 7 heteroatoms. The van der Waals surface area contributed by atoms with Crippen LogP contribution in [0.2, 0.25) is 0 Å². The highest BCUT2D eigenvalue weighted by Gasteiger charge is 2.13. The van der Waals surface area contributed by atoms with Gasteiger partial charge in [0, 0.05) is 23.7 Å². The maximum Gasteiger partial charge on any atom is 0.240 e. The number of benzene rings is 2. The number of sulfonamides is 1. The molecule has 1 aromatic heterocycles. The predicted molar refractivity (Wildman–Crippen MR) is 88.0 cm³/mol. The Morgan fingerprint density at radius 1 is 1.04 bits per heavy atom. The van der Waals surface area contributed by atoms with E-state index in [1.54, 1.807) is 17.5 Å². The summed E-state index contributed by atoms with van der Waals surface area (Å²) in [4.78, 5) is 4.26. The van der Waals surface area contributed by atoms with E-state index in [0.717, 1.165) is 28.3 Å². The first-order valence-corrected chi connectivity index (χ1v) is 9.15. The van der Waals surface area contributed by atoms with E-state index in [2.05, 4.69) is 9.71 Å². The normalized spacial score (nSPS) is 11.5. The third-order valence-corrected chi connectivity index (χ3v) is 5.46. The van der Waals surface area contributed by atoms with Gasteiger partial charge >= 0.3 is 0 Å². The molecule has 3 aromatic rings. The van der Waals surface area contributed by atoms with Crippen LogP contribution >= 0.6 is 11.3 Å². The zero-order chi connectivity index (χ0) is 16.3. The standard InChI is InChI=1S/C16H13FN2O2S2/c17-14-5-7-15(8-6-14)23(20,21)19-11-12-1-3-13(4-2-12)16-18-9-10-22-16/h1-10,19H,11H2. The van der Waals surface area contributed by atoms with Gasteiger partial charge in [-0.25, -0.2) is 22.5 Å². The molecule has 0 bridgehead atoms. The SMILES string of the molecule is O=S(=O)(NCc1ccc(-c2nccs2)cc1)c1ccc(F)cc1. The molecule has 0 radical (unpaired) electrons. The molecule has 3 rings (SSSR count). The van der Waals surface area contributed by atoms with Gasteiger partial charge in [0.1, 0.15) is 10.8 Å². The van der Waals surface area contributed by atoms with E-state index in [0.29, 0.717) is 0 Å². The molecule has 1 heterocycles. The van der Waals surface area contributed by atoms with Gasteiger partial charge in [0.15, 0.2) is 0 Å². The van der Waals surface area contributed by atoms with Crippen molar-refractivity contribution >= 4 is 21.4 Å². The van der Waals surface area contributed by atoms with Gasteiger partial charge in [-0.05, 0) is 29.8 Å². The third kappa shape index (κ3) is 3.82. The smallest absolute Gasteiger partial charge is 0.240 e. The number of nitrogens with one attached hydrogen (secondary N) is 1. The number of thiazole rings is 1. The summed E-state index contributed by atoms with van der Waals surface area (Å²) in [7, 11) is -3.66. The van der Waals surface area contributed by atoms with E-state index in [-0.39, 0.29) is 11.4 Å². The van der Waals surface area contributed by atoms with Gasteiger partial charge in [0.05, 0.1) is 4.90 Å². The molecule has 0 aliphatic carbocycles. The van der Waals surface area contributed by atoms with Crippen LogP contribution in [0, 0.1) is 5.82 Å². The van der Waals surface area contributed by atoms with Crippen molar-refractivity contribution in [1.82, 2.24) is 9.71 Å². The highest BCUT2D eigenvalue weighted by Crippen LogP contribution is 2.22. The van der Waals surface area contributed by atoms with E-state index in [1.807, 2.05) is 29.6 Å². The Morgan fingerprint density at radius 3 is 2.35 bits per heavy atom.